The number of aromatic nitrogens is 2. The maximum absolute atomic E-state index is 15.7. The topological polar surface area (TPSA) is 243 Å². The van der Waals surface area contributed by atoms with Gasteiger partial charge in [-0.05, 0) is 155 Å². The minimum absolute atomic E-state index is 0. The summed E-state index contributed by atoms with van der Waals surface area (Å²) < 4.78 is 47.5. The van der Waals surface area contributed by atoms with Crippen molar-refractivity contribution in [3.63, 3.8) is 0 Å². The van der Waals surface area contributed by atoms with Gasteiger partial charge in [0.05, 0.1) is 40.2 Å². The van der Waals surface area contributed by atoms with Gasteiger partial charge in [-0.2, -0.15) is 0 Å². The molecule has 14 rings (SSSR count). The first-order valence-electron chi connectivity index (χ1n) is 30.8. The van der Waals surface area contributed by atoms with Gasteiger partial charge in [0.25, 0.3) is 23.6 Å². The minimum atomic E-state index is -0.994. The van der Waals surface area contributed by atoms with E-state index in [9.17, 15) is 33.9 Å². The molecule has 2 spiro atoms. The number of pyridine rings is 2. The van der Waals surface area contributed by atoms with Crippen molar-refractivity contribution in [2.24, 2.45) is 10.8 Å². The van der Waals surface area contributed by atoms with Gasteiger partial charge >= 0.3 is 41.5 Å². The fourth-order valence-corrected chi connectivity index (χ4v) is 15.5. The van der Waals surface area contributed by atoms with Gasteiger partial charge in [0.1, 0.15) is 33.0 Å². The summed E-state index contributed by atoms with van der Waals surface area (Å²) in [5, 5.41) is 15.1. The predicted molar refractivity (Wildman–Crippen MR) is 351 cm³/mol. The molecule has 0 bridgehead atoms. The smallest absolute Gasteiger partial charge is 0.870 e. The number of carboxylic acids is 1. The number of aryl methyl sites for hydroxylation is 2. The summed E-state index contributed by atoms with van der Waals surface area (Å²) >= 11 is 2.50. The van der Waals surface area contributed by atoms with Crippen LogP contribution in [0.4, 0.5) is 43.2 Å². The van der Waals surface area contributed by atoms with E-state index >= 15 is 8.78 Å². The average molecular weight is 1320 g/mol. The molecular formula is C70H67F2N8NaO11S2. The number of benzene rings is 4. The molecule has 0 aliphatic carbocycles. The molecule has 4 aromatic heterocycles. The van der Waals surface area contributed by atoms with Crippen molar-refractivity contribution in [2.45, 2.75) is 59.3 Å². The molecule has 4 saturated heterocycles. The number of nitrogens with one attached hydrogen (secondary N) is 2. The van der Waals surface area contributed by atoms with E-state index in [0.717, 1.165) is 128 Å². The summed E-state index contributed by atoms with van der Waals surface area (Å²) in [6.45, 7) is 12.6. The third-order valence-electron chi connectivity index (χ3n) is 18.1. The Bertz CT molecular complexity index is 4270. The van der Waals surface area contributed by atoms with Crippen LogP contribution in [0.25, 0.3) is 20.9 Å². The number of ether oxygens (including phenoxy) is 3. The maximum Gasteiger partial charge on any atom is 1.00 e. The van der Waals surface area contributed by atoms with Crippen LogP contribution < -0.4 is 59.8 Å². The van der Waals surface area contributed by atoms with Crippen LogP contribution in [0.3, 0.4) is 0 Å². The molecule has 0 radical (unpaired) electrons. The van der Waals surface area contributed by atoms with Crippen LogP contribution in [-0.4, -0.2) is 128 Å². The average Bonchev–Trinajstić information content (AvgIpc) is 0.964. The number of rotatable bonds is 11. The van der Waals surface area contributed by atoms with Crippen molar-refractivity contribution in [2.75, 3.05) is 103 Å². The standard InChI is InChI=1S/C36H35FN4O5S.C34H31FN4O5S.Na.H2O/c1-3-46-35(44)30-18-23-12-15-41(29-7-5-4-6-26(29)31(23)47-30)34(43)25-11-9-24(19-28(25)37)39-33(42)27-10-8-22(2)38-32(27)40-20-36(21-40)13-16-45-17-14-36;1-20-6-8-25(30(36-20)38-18-34(19-38)11-14-44-15-12-34)31(40)37-22-7-9-23(26(35)17-22)32(41)39-13-10-21-16-28(33(42)43)45-29(21)24-4-2-3-5-27(24)39;;/h4-11,18-19H,3,12-17,20-21H2,1-2H3,(H,39,42);2-9,16-17H,10-15,18-19H2,1H3,(H,37,40)(H,42,43);;1H2/q;;+1;/p-1. The van der Waals surface area contributed by atoms with Gasteiger partial charge in [0.2, 0.25) is 0 Å². The van der Waals surface area contributed by atoms with E-state index in [1.54, 1.807) is 60.4 Å². The summed E-state index contributed by atoms with van der Waals surface area (Å²) in [7, 11) is 0. The van der Waals surface area contributed by atoms with Gasteiger partial charge in [0.15, 0.2) is 0 Å². The van der Waals surface area contributed by atoms with Gasteiger partial charge in [-0.3, -0.25) is 19.2 Å². The van der Waals surface area contributed by atoms with E-state index in [1.807, 2.05) is 56.3 Å². The number of nitrogens with zero attached hydrogens (tertiary/aromatic N) is 6. The number of anilines is 6. The molecule has 8 aromatic rings. The van der Waals surface area contributed by atoms with E-state index in [4.69, 9.17) is 14.2 Å². The quantitative estimate of drug-likeness (QED) is 0.0807. The summed E-state index contributed by atoms with van der Waals surface area (Å²) in [5.74, 6) is -3.43. The van der Waals surface area contributed by atoms with Gasteiger partial charge in [0, 0.05) is 120 Å². The monoisotopic (exact) mass is 1320 g/mol. The molecule has 6 aliphatic rings. The number of amides is 4. The molecule has 0 atom stereocenters. The van der Waals surface area contributed by atoms with Gasteiger partial charge < -0.3 is 55.0 Å². The zero-order chi connectivity index (χ0) is 64.0. The molecule has 4 amide bonds. The number of fused-ring (bicyclic) bond motifs is 6. The molecule has 19 nitrogen and oxygen atoms in total. The Kier molecular flexibility index (Phi) is 20.0. The number of hydrogen-bond donors (Lipinski definition) is 3. The molecule has 480 valence electrons. The van der Waals surface area contributed by atoms with E-state index in [1.165, 1.54) is 51.8 Å². The number of hydrogen-bond acceptors (Lipinski definition) is 16. The van der Waals surface area contributed by atoms with Crippen molar-refractivity contribution in [3.05, 3.63) is 187 Å². The normalized spacial score (nSPS) is 16.3. The molecule has 94 heavy (non-hydrogen) atoms. The Morgan fingerprint density at radius 2 is 0.979 bits per heavy atom. The number of para-hydroxylation sites is 2. The zero-order valence-corrected chi connectivity index (χ0v) is 56.0. The van der Waals surface area contributed by atoms with Crippen molar-refractivity contribution in [1.29, 1.82) is 0 Å². The molecule has 10 heterocycles. The van der Waals surface area contributed by atoms with Crippen LogP contribution >= 0.6 is 22.7 Å². The Morgan fingerprint density at radius 3 is 1.39 bits per heavy atom. The Labute approximate surface area is 571 Å². The summed E-state index contributed by atoms with van der Waals surface area (Å²) in [6, 6.07) is 33.4. The Hall–Kier alpha value is -8.26. The zero-order valence-electron chi connectivity index (χ0n) is 52.4. The number of carbonyl (C=O) groups excluding carboxylic acids is 5. The maximum atomic E-state index is 15.7. The summed E-state index contributed by atoms with van der Waals surface area (Å²) in [5.41, 5.74) is 7.60. The fourth-order valence-electron chi connectivity index (χ4n) is 13.2. The molecule has 0 saturated carbocycles. The van der Waals surface area contributed by atoms with Crippen LogP contribution in [0, 0.1) is 36.3 Å². The van der Waals surface area contributed by atoms with Crippen LogP contribution in [0.15, 0.2) is 121 Å². The van der Waals surface area contributed by atoms with Crippen molar-refractivity contribution in [1.82, 2.24) is 9.97 Å². The second-order valence-electron chi connectivity index (χ2n) is 24.3. The number of carboxylic acid groups (broad SMARTS) is 1. The predicted octanol–water partition coefficient (Wildman–Crippen LogP) is 9.36. The van der Waals surface area contributed by atoms with E-state index in [0.29, 0.717) is 58.4 Å². The SMILES string of the molecule is CCOC(=O)c1cc2c(s1)-c1ccccc1N(C(=O)c1ccc(NC(=O)c3ccc(C)nc3N3CC4(CCOCC4)C3)cc1F)CC2.Cc1ccc(C(=O)Nc2ccc(C(=O)N3CCc4cc(C(=O)O)sc4-c4ccccc43)c(F)c2)c(N2CC3(CCOCC3)C2)n1.[Na+].[OH-]. The van der Waals surface area contributed by atoms with Crippen LogP contribution in [0.2, 0.25) is 0 Å². The summed E-state index contributed by atoms with van der Waals surface area (Å²) in [6.07, 6.45) is 4.88. The van der Waals surface area contributed by atoms with Crippen LogP contribution in [-0.2, 0) is 27.1 Å². The first-order chi connectivity index (χ1) is 44.5. The Balaban J connectivity index is 0.000000188. The van der Waals surface area contributed by atoms with Gasteiger partial charge in [-0.25, -0.2) is 28.3 Å². The largest absolute Gasteiger partial charge is 1.00 e. The van der Waals surface area contributed by atoms with E-state index in [-0.39, 0.29) is 92.4 Å². The van der Waals surface area contributed by atoms with Crippen LogP contribution in [0.5, 0.6) is 0 Å². The molecule has 4 fully saturated rings. The molecule has 4 N–H and O–H groups in total. The molecule has 4 aromatic carbocycles. The van der Waals surface area contributed by atoms with Crippen molar-refractivity contribution >= 4 is 92.6 Å². The summed E-state index contributed by atoms with van der Waals surface area (Å²) in [4.78, 5) is 97.7. The van der Waals surface area contributed by atoms with E-state index < -0.39 is 41.2 Å². The Morgan fingerprint density at radius 1 is 0.574 bits per heavy atom. The van der Waals surface area contributed by atoms with Crippen LogP contribution in [0.1, 0.15) is 116 Å². The second-order valence-corrected chi connectivity index (χ2v) is 26.4. The molecular weight excluding hydrogens is 1250 g/mol. The number of aromatic carboxylic acids is 1. The number of thiophene rings is 2. The molecule has 0 unspecified atom stereocenters. The van der Waals surface area contributed by atoms with Crippen molar-refractivity contribution < 1.29 is 91.9 Å². The number of halogens is 2. The first kappa shape index (κ1) is 67.2. The van der Waals surface area contributed by atoms with E-state index in [2.05, 4.69) is 30.4 Å². The number of carbonyl (C=O) groups is 6. The fraction of sp³-hybridized carbons (Fsp3) is 0.314. The third-order valence-corrected chi connectivity index (χ3v) is 20.5. The molecule has 6 aliphatic heterocycles. The van der Waals surface area contributed by atoms with Crippen molar-refractivity contribution in [3.8, 4) is 20.9 Å². The molecule has 24 heteroatoms. The third kappa shape index (κ3) is 13.4. The second kappa shape index (κ2) is 28.0. The van der Waals surface area contributed by atoms with Gasteiger partial charge in [-0.15, -0.1) is 22.7 Å². The first-order valence-corrected chi connectivity index (χ1v) is 32.4. The minimum Gasteiger partial charge on any atom is -0.870 e. The van der Waals surface area contributed by atoms with Gasteiger partial charge in [-0.1, -0.05) is 36.4 Å². The number of esters is 1.